The average Bonchev–Trinajstić information content (AvgIpc) is 2.60. The Morgan fingerprint density at radius 2 is 2.19 bits per heavy atom. The molecule has 1 aliphatic heterocycles. The first-order chi connectivity index (χ1) is 7.59. The standard InChI is InChI=1S/C13H18N2O/c1-9(2)12-5-4-10(8-14-12)11-6-7-15(3)13(11)16/h4-5,8-9,11H,6-7H2,1-3H3. The van der Waals surface area contributed by atoms with E-state index in [-0.39, 0.29) is 11.8 Å². The van der Waals surface area contributed by atoms with Gasteiger partial charge < -0.3 is 4.90 Å². The minimum atomic E-state index is 0.0266. The molecule has 1 fully saturated rings. The number of carbonyl (C=O) groups is 1. The van der Waals surface area contributed by atoms with Gasteiger partial charge in [-0.3, -0.25) is 9.78 Å². The molecule has 3 heteroatoms. The third kappa shape index (κ3) is 1.94. The Bertz CT molecular complexity index is 383. The Morgan fingerprint density at radius 3 is 2.62 bits per heavy atom. The second kappa shape index (κ2) is 4.24. The van der Waals surface area contributed by atoms with Crippen LogP contribution in [0.2, 0.25) is 0 Å². The van der Waals surface area contributed by atoms with Crippen molar-refractivity contribution in [3.63, 3.8) is 0 Å². The van der Waals surface area contributed by atoms with Crippen LogP contribution in [0, 0.1) is 0 Å². The molecule has 0 bridgehead atoms. The lowest BCUT2D eigenvalue weighted by molar-refractivity contribution is -0.127. The molecular weight excluding hydrogens is 200 g/mol. The van der Waals surface area contributed by atoms with Gasteiger partial charge in [-0.1, -0.05) is 19.9 Å². The molecule has 0 aliphatic carbocycles. The lowest BCUT2D eigenvalue weighted by Crippen LogP contribution is -2.21. The van der Waals surface area contributed by atoms with Gasteiger partial charge in [0.15, 0.2) is 0 Å². The second-order valence-corrected chi connectivity index (χ2v) is 4.77. The fourth-order valence-corrected chi connectivity index (χ4v) is 2.10. The van der Waals surface area contributed by atoms with Crippen molar-refractivity contribution in [1.82, 2.24) is 9.88 Å². The Morgan fingerprint density at radius 1 is 1.44 bits per heavy atom. The number of nitrogens with zero attached hydrogens (tertiary/aromatic N) is 2. The van der Waals surface area contributed by atoms with E-state index in [1.165, 1.54) is 0 Å². The van der Waals surface area contributed by atoms with Crippen molar-refractivity contribution in [3.05, 3.63) is 29.6 Å². The predicted octanol–water partition coefficient (Wildman–Crippen LogP) is 2.15. The van der Waals surface area contributed by atoms with Crippen LogP contribution >= 0.6 is 0 Å². The molecule has 0 radical (unpaired) electrons. The molecule has 3 nitrogen and oxygen atoms in total. The summed E-state index contributed by atoms with van der Waals surface area (Å²) >= 11 is 0. The maximum Gasteiger partial charge on any atom is 0.229 e. The van der Waals surface area contributed by atoms with Crippen LogP contribution in [0.5, 0.6) is 0 Å². The summed E-state index contributed by atoms with van der Waals surface area (Å²) in [7, 11) is 1.86. The van der Waals surface area contributed by atoms with Crippen molar-refractivity contribution >= 4 is 5.91 Å². The molecule has 0 spiro atoms. The van der Waals surface area contributed by atoms with E-state index in [1.807, 2.05) is 25.4 Å². The van der Waals surface area contributed by atoms with Gasteiger partial charge >= 0.3 is 0 Å². The maximum absolute atomic E-state index is 11.8. The number of hydrogen-bond donors (Lipinski definition) is 0. The molecule has 1 atom stereocenters. The molecule has 16 heavy (non-hydrogen) atoms. The number of rotatable bonds is 2. The van der Waals surface area contributed by atoms with Gasteiger partial charge in [-0.2, -0.15) is 0 Å². The van der Waals surface area contributed by atoms with Gasteiger partial charge in [0.05, 0.1) is 5.92 Å². The van der Waals surface area contributed by atoms with Crippen LogP contribution in [0.25, 0.3) is 0 Å². The number of carbonyl (C=O) groups excluding carboxylic acids is 1. The van der Waals surface area contributed by atoms with E-state index in [4.69, 9.17) is 0 Å². The molecule has 1 aromatic rings. The maximum atomic E-state index is 11.8. The lowest BCUT2D eigenvalue weighted by Gasteiger charge is -2.11. The van der Waals surface area contributed by atoms with Crippen molar-refractivity contribution in [2.24, 2.45) is 0 Å². The van der Waals surface area contributed by atoms with E-state index >= 15 is 0 Å². The molecule has 86 valence electrons. The molecule has 0 N–H and O–H groups in total. The predicted molar refractivity (Wildman–Crippen MR) is 63.3 cm³/mol. The largest absolute Gasteiger partial charge is 0.345 e. The van der Waals surface area contributed by atoms with Crippen molar-refractivity contribution in [2.75, 3.05) is 13.6 Å². The first-order valence-electron chi connectivity index (χ1n) is 5.80. The number of likely N-dealkylation sites (tertiary alicyclic amines) is 1. The highest BCUT2D eigenvalue weighted by molar-refractivity contribution is 5.85. The zero-order valence-electron chi connectivity index (χ0n) is 10.1. The molecular formula is C13H18N2O. The van der Waals surface area contributed by atoms with Gasteiger partial charge in [-0.15, -0.1) is 0 Å². The molecule has 0 aromatic carbocycles. The van der Waals surface area contributed by atoms with Crippen LogP contribution < -0.4 is 0 Å². The first-order valence-corrected chi connectivity index (χ1v) is 5.80. The van der Waals surface area contributed by atoms with E-state index in [9.17, 15) is 4.79 Å². The van der Waals surface area contributed by atoms with Gasteiger partial charge in [0, 0.05) is 25.5 Å². The van der Waals surface area contributed by atoms with Crippen LogP contribution in [0.3, 0.4) is 0 Å². The fourth-order valence-electron chi connectivity index (χ4n) is 2.10. The molecule has 0 saturated carbocycles. The SMILES string of the molecule is CC(C)c1ccc(C2CCN(C)C2=O)cn1. The minimum Gasteiger partial charge on any atom is -0.345 e. The molecule has 2 rings (SSSR count). The van der Waals surface area contributed by atoms with Gasteiger partial charge in [-0.05, 0) is 24.0 Å². The van der Waals surface area contributed by atoms with E-state index < -0.39 is 0 Å². The summed E-state index contributed by atoms with van der Waals surface area (Å²) < 4.78 is 0. The Labute approximate surface area is 96.5 Å². The van der Waals surface area contributed by atoms with E-state index in [2.05, 4.69) is 18.8 Å². The quantitative estimate of drug-likeness (QED) is 0.762. The smallest absolute Gasteiger partial charge is 0.229 e. The highest BCUT2D eigenvalue weighted by Gasteiger charge is 2.30. The summed E-state index contributed by atoms with van der Waals surface area (Å²) in [4.78, 5) is 18.0. The van der Waals surface area contributed by atoms with Gasteiger partial charge in [-0.25, -0.2) is 0 Å². The fraction of sp³-hybridized carbons (Fsp3) is 0.538. The Hall–Kier alpha value is -1.38. The lowest BCUT2D eigenvalue weighted by atomic mass is 9.98. The Balaban J connectivity index is 2.19. The number of amides is 1. The normalized spacial score (nSPS) is 20.9. The molecule has 1 aliphatic rings. The average molecular weight is 218 g/mol. The van der Waals surface area contributed by atoms with Crippen molar-refractivity contribution in [2.45, 2.75) is 32.1 Å². The highest BCUT2D eigenvalue weighted by Crippen LogP contribution is 2.27. The van der Waals surface area contributed by atoms with Crippen molar-refractivity contribution in [1.29, 1.82) is 0 Å². The van der Waals surface area contributed by atoms with Crippen molar-refractivity contribution in [3.8, 4) is 0 Å². The van der Waals surface area contributed by atoms with Crippen LogP contribution in [-0.2, 0) is 4.79 Å². The molecule has 1 saturated heterocycles. The zero-order chi connectivity index (χ0) is 11.7. The summed E-state index contributed by atoms with van der Waals surface area (Å²) in [6, 6.07) is 4.08. The van der Waals surface area contributed by atoms with Crippen LogP contribution in [-0.4, -0.2) is 29.4 Å². The third-order valence-electron chi connectivity index (χ3n) is 3.23. The number of hydrogen-bond acceptors (Lipinski definition) is 2. The molecule has 1 aromatic heterocycles. The summed E-state index contributed by atoms with van der Waals surface area (Å²) in [6.07, 6.45) is 2.77. The second-order valence-electron chi connectivity index (χ2n) is 4.77. The summed E-state index contributed by atoms with van der Waals surface area (Å²) in [5.41, 5.74) is 2.14. The first kappa shape index (κ1) is 11.1. The summed E-state index contributed by atoms with van der Waals surface area (Å²) in [6.45, 7) is 5.10. The van der Waals surface area contributed by atoms with Crippen LogP contribution in [0.1, 0.15) is 43.4 Å². The molecule has 2 heterocycles. The van der Waals surface area contributed by atoms with Crippen LogP contribution in [0.4, 0.5) is 0 Å². The third-order valence-corrected chi connectivity index (χ3v) is 3.23. The monoisotopic (exact) mass is 218 g/mol. The van der Waals surface area contributed by atoms with E-state index in [0.717, 1.165) is 24.2 Å². The van der Waals surface area contributed by atoms with Gasteiger partial charge in [0.1, 0.15) is 0 Å². The van der Waals surface area contributed by atoms with Crippen LogP contribution in [0.15, 0.2) is 18.3 Å². The van der Waals surface area contributed by atoms with E-state index in [1.54, 1.807) is 4.90 Å². The van der Waals surface area contributed by atoms with E-state index in [0.29, 0.717) is 5.92 Å². The van der Waals surface area contributed by atoms with Gasteiger partial charge in [0.25, 0.3) is 0 Å². The van der Waals surface area contributed by atoms with Crippen molar-refractivity contribution < 1.29 is 4.79 Å². The molecule has 1 unspecified atom stereocenters. The topological polar surface area (TPSA) is 33.2 Å². The highest BCUT2D eigenvalue weighted by atomic mass is 16.2. The minimum absolute atomic E-state index is 0.0266. The zero-order valence-corrected chi connectivity index (χ0v) is 10.1. The number of pyridine rings is 1. The number of aromatic nitrogens is 1. The molecule has 1 amide bonds. The van der Waals surface area contributed by atoms with Gasteiger partial charge in [0.2, 0.25) is 5.91 Å². The summed E-state index contributed by atoms with van der Waals surface area (Å²) in [5, 5.41) is 0. The summed E-state index contributed by atoms with van der Waals surface area (Å²) in [5.74, 6) is 0.689. The Kier molecular flexibility index (Phi) is 2.95. The number of likely N-dealkylation sites (N-methyl/N-ethyl adjacent to an activating group) is 1.